The van der Waals surface area contributed by atoms with Crippen LogP contribution in [0.15, 0.2) is 11.4 Å². The molecule has 0 spiro atoms. The van der Waals surface area contributed by atoms with Crippen LogP contribution in [0.1, 0.15) is 47.8 Å². The Balaban J connectivity index is 1.93. The number of Topliss-reactive ketones (excluding diaryl/α,β-unsaturated/α-hetero) is 1. The first kappa shape index (κ1) is 12.8. The summed E-state index contributed by atoms with van der Waals surface area (Å²) in [5.41, 5.74) is 1.13. The standard InChI is InChI=1S/C14H21NOS/c1-3-11-4-6-15-12(8-11)9-13(16)14-10(2)5-7-17-14/h5,7,11-12,15H,3-4,6,8-9H2,1-2H3. The number of thiophene rings is 1. The smallest absolute Gasteiger partial charge is 0.174 e. The molecule has 1 aliphatic heterocycles. The van der Waals surface area contributed by atoms with E-state index in [9.17, 15) is 4.79 Å². The monoisotopic (exact) mass is 251 g/mol. The molecule has 0 aromatic carbocycles. The summed E-state index contributed by atoms with van der Waals surface area (Å²) in [7, 11) is 0. The van der Waals surface area contributed by atoms with Gasteiger partial charge in [0.05, 0.1) is 4.88 Å². The average molecular weight is 251 g/mol. The zero-order valence-electron chi connectivity index (χ0n) is 10.7. The van der Waals surface area contributed by atoms with Gasteiger partial charge >= 0.3 is 0 Å². The van der Waals surface area contributed by atoms with Gasteiger partial charge in [0.15, 0.2) is 5.78 Å². The van der Waals surface area contributed by atoms with Gasteiger partial charge in [-0.2, -0.15) is 0 Å². The van der Waals surface area contributed by atoms with Crippen LogP contribution in [-0.4, -0.2) is 18.4 Å². The van der Waals surface area contributed by atoms with E-state index in [2.05, 4.69) is 12.2 Å². The van der Waals surface area contributed by atoms with Crippen molar-refractivity contribution in [3.63, 3.8) is 0 Å². The fourth-order valence-corrected chi connectivity index (χ4v) is 3.47. The molecule has 1 saturated heterocycles. The molecule has 1 aromatic rings. The van der Waals surface area contributed by atoms with Gasteiger partial charge in [0.25, 0.3) is 0 Å². The number of nitrogens with one attached hydrogen (secondary N) is 1. The predicted octanol–water partition coefficient (Wildman–Crippen LogP) is 3.41. The van der Waals surface area contributed by atoms with Crippen molar-refractivity contribution < 1.29 is 4.79 Å². The Bertz CT molecular complexity index is 385. The van der Waals surface area contributed by atoms with Gasteiger partial charge in [0.1, 0.15) is 0 Å². The highest BCUT2D eigenvalue weighted by molar-refractivity contribution is 7.12. The molecule has 2 atom stereocenters. The van der Waals surface area contributed by atoms with Gasteiger partial charge in [-0.3, -0.25) is 4.79 Å². The Kier molecular flexibility index (Phi) is 4.35. The van der Waals surface area contributed by atoms with Crippen LogP contribution < -0.4 is 5.32 Å². The van der Waals surface area contributed by atoms with Crippen molar-refractivity contribution in [1.29, 1.82) is 0 Å². The second-order valence-corrected chi connectivity index (χ2v) is 5.93. The molecule has 0 aliphatic carbocycles. The molecule has 17 heavy (non-hydrogen) atoms. The van der Waals surface area contributed by atoms with E-state index in [4.69, 9.17) is 0 Å². The fraction of sp³-hybridized carbons (Fsp3) is 0.643. The highest BCUT2D eigenvalue weighted by atomic mass is 32.1. The highest BCUT2D eigenvalue weighted by Crippen LogP contribution is 2.24. The van der Waals surface area contributed by atoms with Crippen molar-refractivity contribution in [3.05, 3.63) is 21.9 Å². The third-order valence-corrected chi connectivity index (χ3v) is 4.79. The van der Waals surface area contributed by atoms with E-state index < -0.39 is 0 Å². The number of ketones is 1. The molecule has 2 heterocycles. The summed E-state index contributed by atoms with van der Waals surface area (Å²) in [4.78, 5) is 13.1. The third-order valence-electron chi connectivity index (χ3n) is 3.73. The molecule has 1 fully saturated rings. The van der Waals surface area contributed by atoms with Gasteiger partial charge in [-0.25, -0.2) is 0 Å². The number of carbonyl (C=O) groups excluding carboxylic acids is 1. The molecule has 1 aromatic heterocycles. The van der Waals surface area contributed by atoms with E-state index in [1.807, 2.05) is 18.4 Å². The van der Waals surface area contributed by atoms with Crippen LogP contribution in [-0.2, 0) is 0 Å². The molecule has 3 heteroatoms. The average Bonchev–Trinajstić information content (AvgIpc) is 2.76. The van der Waals surface area contributed by atoms with Gasteiger partial charge in [0, 0.05) is 12.5 Å². The minimum Gasteiger partial charge on any atom is -0.314 e. The maximum atomic E-state index is 12.2. The number of carbonyl (C=O) groups is 1. The van der Waals surface area contributed by atoms with E-state index >= 15 is 0 Å². The molecule has 2 rings (SSSR count). The van der Waals surface area contributed by atoms with E-state index in [0.717, 1.165) is 29.3 Å². The van der Waals surface area contributed by atoms with Crippen molar-refractivity contribution in [1.82, 2.24) is 5.32 Å². The van der Waals surface area contributed by atoms with Crippen LogP contribution in [0, 0.1) is 12.8 Å². The summed E-state index contributed by atoms with van der Waals surface area (Å²) >= 11 is 1.58. The molecule has 2 nitrogen and oxygen atoms in total. The Morgan fingerprint density at radius 3 is 3.06 bits per heavy atom. The van der Waals surface area contributed by atoms with Gasteiger partial charge < -0.3 is 5.32 Å². The van der Waals surface area contributed by atoms with E-state index in [1.165, 1.54) is 12.8 Å². The topological polar surface area (TPSA) is 29.1 Å². The van der Waals surface area contributed by atoms with E-state index in [0.29, 0.717) is 18.2 Å². The first-order valence-electron chi connectivity index (χ1n) is 6.51. The fourth-order valence-electron chi connectivity index (χ4n) is 2.60. The molecule has 1 N–H and O–H groups in total. The van der Waals surface area contributed by atoms with Gasteiger partial charge in [-0.15, -0.1) is 11.3 Å². The molecule has 94 valence electrons. The van der Waals surface area contributed by atoms with Crippen LogP contribution in [0.2, 0.25) is 0 Å². The molecule has 0 amide bonds. The summed E-state index contributed by atoms with van der Waals surface area (Å²) < 4.78 is 0. The predicted molar refractivity (Wildman–Crippen MR) is 72.8 cm³/mol. The lowest BCUT2D eigenvalue weighted by atomic mass is 9.88. The Labute approximate surface area is 107 Å². The summed E-state index contributed by atoms with van der Waals surface area (Å²) in [5.74, 6) is 1.12. The summed E-state index contributed by atoms with van der Waals surface area (Å²) in [6.45, 7) is 5.34. The van der Waals surface area contributed by atoms with Crippen LogP contribution in [0.3, 0.4) is 0 Å². The molecule has 2 unspecified atom stereocenters. The molecule has 0 bridgehead atoms. The van der Waals surface area contributed by atoms with Gasteiger partial charge in [0.2, 0.25) is 0 Å². The summed E-state index contributed by atoms with van der Waals surface area (Å²) in [5, 5.41) is 5.49. The first-order valence-corrected chi connectivity index (χ1v) is 7.39. The van der Waals surface area contributed by atoms with Gasteiger partial charge in [-0.1, -0.05) is 13.3 Å². The number of aryl methyl sites for hydroxylation is 1. The van der Waals surface area contributed by atoms with Crippen LogP contribution in [0.5, 0.6) is 0 Å². The van der Waals surface area contributed by atoms with Gasteiger partial charge in [-0.05, 0) is 49.2 Å². The Morgan fingerprint density at radius 1 is 1.59 bits per heavy atom. The molecule has 0 saturated carbocycles. The normalized spacial score (nSPS) is 24.8. The molecule has 0 radical (unpaired) electrons. The first-order chi connectivity index (χ1) is 8.20. The minimum absolute atomic E-state index is 0.312. The zero-order valence-corrected chi connectivity index (χ0v) is 11.5. The SMILES string of the molecule is CCC1CCNC(CC(=O)c2sccc2C)C1. The van der Waals surface area contributed by atoms with Crippen molar-refractivity contribution >= 4 is 17.1 Å². The van der Waals surface area contributed by atoms with Crippen LogP contribution >= 0.6 is 11.3 Å². The largest absolute Gasteiger partial charge is 0.314 e. The Morgan fingerprint density at radius 2 is 2.41 bits per heavy atom. The number of hydrogen-bond donors (Lipinski definition) is 1. The maximum Gasteiger partial charge on any atom is 0.174 e. The maximum absolute atomic E-state index is 12.2. The lowest BCUT2D eigenvalue weighted by Gasteiger charge is -2.29. The molecular weight excluding hydrogens is 230 g/mol. The van der Waals surface area contributed by atoms with Crippen molar-refractivity contribution in [2.24, 2.45) is 5.92 Å². The lowest BCUT2D eigenvalue weighted by Crippen LogP contribution is -2.39. The second kappa shape index (κ2) is 5.78. The highest BCUT2D eigenvalue weighted by Gasteiger charge is 2.23. The van der Waals surface area contributed by atoms with Crippen molar-refractivity contribution in [3.8, 4) is 0 Å². The lowest BCUT2D eigenvalue weighted by molar-refractivity contribution is 0.0960. The molecule has 1 aliphatic rings. The number of hydrogen-bond acceptors (Lipinski definition) is 3. The van der Waals surface area contributed by atoms with E-state index in [-0.39, 0.29) is 0 Å². The summed E-state index contributed by atoms with van der Waals surface area (Å²) in [6, 6.07) is 2.42. The summed E-state index contributed by atoms with van der Waals surface area (Å²) in [6.07, 6.45) is 4.33. The molecular formula is C14H21NOS. The number of piperidine rings is 1. The minimum atomic E-state index is 0.312. The van der Waals surface area contributed by atoms with Crippen LogP contribution in [0.25, 0.3) is 0 Å². The van der Waals surface area contributed by atoms with Crippen molar-refractivity contribution in [2.45, 2.75) is 45.6 Å². The number of rotatable bonds is 4. The van der Waals surface area contributed by atoms with Crippen LogP contribution in [0.4, 0.5) is 0 Å². The second-order valence-electron chi connectivity index (χ2n) is 5.01. The zero-order chi connectivity index (χ0) is 12.3. The van der Waals surface area contributed by atoms with Crippen molar-refractivity contribution in [2.75, 3.05) is 6.54 Å². The van der Waals surface area contributed by atoms with E-state index in [1.54, 1.807) is 11.3 Å². The quantitative estimate of drug-likeness (QED) is 0.831. The third kappa shape index (κ3) is 3.17. The Hall–Kier alpha value is -0.670.